The van der Waals surface area contributed by atoms with Crippen molar-refractivity contribution in [1.82, 2.24) is 20.4 Å². The number of nitrogens with one attached hydrogen (secondary N) is 2. The summed E-state index contributed by atoms with van der Waals surface area (Å²) in [6.07, 6.45) is 6.97. The lowest BCUT2D eigenvalue weighted by Gasteiger charge is -2.17. The number of nitrogens with zero attached hydrogens (tertiary/aromatic N) is 4. The van der Waals surface area contributed by atoms with E-state index in [1.807, 2.05) is 40.0 Å². The van der Waals surface area contributed by atoms with Gasteiger partial charge in [0.25, 0.3) is 0 Å². The summed E-state index contributed by atoms with van der Waals surface area (Å²) in [6.45, 7) is 5.99. The van der Waals surface area contributed by atoms with Crippen LogP contribution in [0.15, 0.2) is 47.7 Å². The minimum atomic E-state index is 0.202. The summed E-state index contributed by atoms with van der Waals surface area (Å²) < 4.78 is 1.91. The van der Waals surface area contributed by atoms with E-state index in [1.165, 1.54) is 5.56 Å². The maximum absolute atomic E-state index is 12.5. The van der Waals surface area contributed by atoms with Gasteiger partial charge >= 0.3 is 0 Å². The van der Waals surface area contributed by atoms with E-state index in [4.69, 9.17) is 0 Å². The molecule has 0 unspecified atom stereocenters. The Hall–Kier alpha value is -2.83. The molecule has 7 heteroatoms. The molecule has 0 radical (unpaired) electrons. The van der Waals surface area contributed by atoms with Crippen LogP contribution in [0.25, 0.3) is 0 Å². The average Bonchev–Trinajstić information content (AvgIpc) is 3.38. The van der Waals surface area contributed by atoms with Gasteiger partial charge in [-0.1, -0.05) is 18.2 Å². The van der Waals surface area contributed by atoms with Gasteiger partial charge in [-0.2, -0.15) is 5.10 Å². The van der Waals surface area contributed by atoms with E-state index < -0.39 is 0 Å². The monoisotopic (exact) mass is 382 g/mol. The normalized spacial score (nSPS) is 13.5. The molecule has 0 atom stereocenters. The molecule has 2 aromatic rings. The largest absolute Gasteiger partial charge is 0.357 e. The number of guanidine groups is 1. The Labute approximate surface area is 166 Å². The first-order valence-corrected chi connectivity index (χ1v) is 10.2. The highest BCUT2D eigenvalue weighted by molar-refractivity contribution is 5.95. The molecule has 0 spiro atoms. The number of carbonyl (C=O) groups is 1. The van der Waals surface area contributed by atoms with Gasteiger partial charge in [-0.3, -0.25) is 14.5 Å². The number of amides is 1. The van der Waals surface area contributed by atoms with Crippen molar-refractivity contribution >= 4 is 17.6 Å². The number of para-hydroxylation sites is 1. The standard InChI is InChI=1S/C21H30N6O/c1-2-22-21(24-13-6-15-26-16-7-14-25-26)23-12-5-10-20(28)27-17-11-18-8-3-4-9-19(18)27/h3-4,7-9,14,16H,2,5-6,10-13,15,17H2,1H3,(H2,22,23,24). The minimum Gasteiger partial charge on any atom is -0.357 e. The van der Waals surface area contributed by atoms with E-state index in [1.54, 1.807) is 6.20 Å². The molecule has 2 heterocycles. The molecule has 150 valence electrons. The second-order valence-electron chi connectivity index (χ2n) is 6.84. The fourth-order valence-electron chi connectivity index (χ4n) is 3.38. The number of aromatic nitrogens is 2. The number of anilines is 1. The van der Waals surface area contributed by atoms with Crippen molar-refractivity contribution in [1.29, 1.82) is 0 Å². The summed E-state index contributed by atoms with van der Waals surface area (Å²) in [6, 6.07) is 10.1. The van der Waals surface area contributed by atoms with E-state index in [0.29, 0.717) is 6.42 Å². The summed E-state index contributed by atoms with van der Waals surface area (Å²) in [5.74, 6) is 1.01. The zero-order valence-electron chi connectivity index (χ0n) is 16.6. The fourth-order valence-corrected chi connectivity index (χ4v) is 3.38. The number of fused-ring (bicyclic) bond motifs is 1. The van der Waals surface area contributed by atoms with Crippen molar-refractivity contribution in [2.75, 3.05) is 31.1 Å². The highest BCUT2D eigenvalue weighted by Crippen LogP contribution is 2.27. The van der Waals surface area contributed by atoms with Gasteiger partial charge in [0, 0.05) is 57.2 Å². The van der Waals surface area contributed by atoms with Crippen molar-refractivity contribution in [3.05, 3.63) is 48.3 Å². The van der Waals surface area contributed by atoms with Crippen LogP contribution in [0.2, 0.25) is 0 Å². The fraction of sp³-hybridized carbons (Fsp3) is 0.476. The van der Waals surface area contributed by atoms with Crippen LogP contribution >= 0.6 is 0 Å². The van der Waals surface area contributed by atoms with Gasteiger partial charge in [0.1, 0.15) is 0 Å². The number of benzene rings is 1. The summed E-state index contributed by atoms with van der Waals surface area (Å²) in [4.78, 5) is 19.1. The molecule has 0 saturated carbocycles. The molecule has 1 aliphatic heterocycles. The smallest absolute Gasteiger partial charge is 0.227 e. The molecule has 1 amide bonds. The predicted octanol–water partition coefficient (Wildman–Crippen LogP) is 2.20. The number of carbonyl (C=O) groups excluding carboxylic acids is 1. The van der Waals surface area contributed by atoms with Crippen LogP contribution in [0.3, 0.4) is 0 Å². The van der Waals surface area contributed by atoms with Crippen LogP contribution in [0, 0.1) is 0 Å². The number of hydrogen-bond donors (Lipinski definition) is 2. The third kappa shape index (κ3) is 5.58. The third-order valence-electron chi connectivity index (χ3n) is 4.77. The Morgan fingerprint density at radius 3 is 2.93 bits per heavy atom. The van der Waals surface area contributed by atoms with Crippen LogP contribution in [0.5, 0.6) is 0 Å². The quantitative estimate of drug-likeness (QED) is 0.396. The van der Waals surface area contributed by atoms with Crippen molar-refractivity contribution in [2.45, 2.75) is 39.2 Å². The number of rotatable bonds is 9. The predicted molar refractivity (Wildman–Crippen MR) is 113 cm³/mol. The Balaban J connectivity index is 1.37. The summed E-state index contributed by atoms with van der Waals surface area (Å²) in [5, 5.41) is 10.8. The highest BCUT2D eigenvalue weighted by atomic mass is 16.2. The maximum atomic E-state index is 12.5. The zero-order chi connectivity index (χ0) is 19.6. The van der Waals surface area contributed by atoms with Gasteiger partial charge in [0.2, 0.25) is 5.91 Å². The molecule has 28 heavy (non-hydrogen) atoms. The van der Waals surface area contributed by atoms with Gasteiger partial charge in [0.15, 0.2) is 5.96 Å². The number of hydrogen-bond acceptors (Lipinski definition) is 3. The van der Waals surface area contributed by atoms with Crippen LogP contribution in [0.1, 0.15) is 31.7 Å². The zero-order valence-corrected chi connectivity index (χ0v) is 16.6. The first-order chi connectivity index (χ1) is 13.8. The van der Waals surface area contributed by atoms with E-state index >= 15 is 0 Å². The van der Waals surface area contributed by atoms with E-state index in [0.717, 1.165) is 63.6 Å². The lowest BCUT2D eigenvalue weighted by Crippen LogP contribution is -2.38. The molecule has 7 nitrogen and oxygen atoms in total. The molecule has 0 bridgehead atoms. The molecule has 0 aliphatic carbocycles. The molecular formula is C21H30N6O. The first-order valence-electron chi connectivity index (χ1n) is 10.2. The van der Waals surface area contributed by atoms with Crippen molar-refractivity contribution < 1.29 is 4.79 Å². The third-order valence-corrected chi connectivity index (χ3v) is 4.77. The Morgan fingerprint density at radius 1 is 1.21 bits per heavy atom. The topological polar surface area (TPSA) is 74.5 Å². The lowest BCUT2D eigenvalue weighted by molar-refractivity contribution is -0.118. The van der Waals surface area contributed by atoms with Gasteiger partial charge in [0.05, 0.1) is 0 Å². The highest BCUT2D eigenvalue weighted by Gasteiger charge is 2.23. The molecule has 0 saturated heterocycles. The molecule has 1 aromatic heterocycles. The second kappa shape index (κ2) is 10.5. The molecule has 1 aromatic carbocycles. The summed E-state index contributed by atoms with van der Waals surface area (Å²) in [5.41, 5.74) is 2.35. The van der Waals surface area contributed by atoms with Crippen LogP contribution < -0.4 is 15.5 Å². The van der Waals surface area contributed by atoms with Crippen LogP contribution in [0.4, 0.5) is 5.69 Å². The number of aryl methyl sites for hydroxylation is 1. The maximum Gasteiger partial charge on any atom is 0.227 e. The molecule has 3 rings (SSSR count). The van der Waals surface area contributed by atoms with Gasteiger partial charge in [-0.05, 0) is 43.9 Å². The Morgan fingerprint density at radius 2 is 2.11 bits per heavy atom. The van der Waals surface area contributed by atoms with Gasteiger partial charge < -0.3 is 15.5 Å². The van der Waals surface area contributed by atoms with E-state index in [-0.39, 0.29) is 5.91 Å². The average molecular weight is 383 g/mol. The van der Waals surface area contributed by atoms with Crippen LogP contribution in [-0.2, 0) is 17.8 Å². The van der Waals surface area contributed by atoms with E-state index in [2.05, 4.69) is 33.7 Å². The first kappa shape index (κ1) is 19.9. The lowest BCUT2D eigenvalue weighted by atomic mass is 10.2. The summed E-state index contributed by atoms with van der Waals surface area (Å²) >= 11 is 0. The minimum absolute atomic E-state index is 0.202. The molecule has 1 aliphatic rings. The Kier molecular flexibility index (Phi) is 7.46. The molecule has 0 fully saturated rings. The van der Waals surface area contributed by atoms with Crippen molar-refractivity contribution in [2.24, 2.45) is 4.99 Å². The van der Waals surface area contributed by atoms with E-state index in [9.17, 15) is 4.79 Å². The van der Waals surface area contributed by atoms with Crippen LogP contribution in [-0.4, -0.2) is 47.8 Å². The molecule has 2 N–H and O–H groups in total. The summed E-state index contributed by atoms with van der Waals surface area (Å²) in [7, 11) is 0. The second-order valence-corrected chi connectivity index (χ2v) is 6.84. The van der Waals surface area contributed by atoms with Crippen molar-refractivity contribution in [3.8, 4) is 0 Å². The van der Waals surface area contributed by atoms with Gasteiger partial charge in [-0.15, -0.1) is 0 Å². The Bertz CT molecular complexity index is 771. The molecular weight excluding hydrogens is 352 g/mol. The number of aliphatic imine (C=N–C) groups is 1. The van der Waals surface area contributed by atoms with Gasteiger partial charge in [-0.25, -0.2) is 0 Å². The van der Waals surface area contributed by atoms with Crippen molar-refractivity contribution in [3.63, 3.8) is 0 Å². The SMILES string of the molecule is CCNC(=NCCCn1cccn1)NCCCC(=O)N1CCc2ccccc21.